The van der Waals surface area contributed by atoms with Crippen molar-refractivity contribution in [1.29, 1.82) is 0 Å². The summed E-state index contributed by atoms with van der Waals surface area (Å²) in [6.45, 7) is 4.29. The number of rotatable bonds is 5. The molecule has 1 amide bonds. The number of para-hydroxylation sites is 2. The molecular formula is C23H29FN4O3S. The average Bonchev–Trinajstić information content (AvgIpc) is 2.80. The molecule has 0 atom stereocenters. The molecule has 2 fully saturated rings. The molecule has 2 saturated heterocycles. The SMILES string of the molecule is CN1CCN(c2ccccc2NC(=O)C2CCN(S(=O)(=O)c3ccc(F)cc3)CC2)CC1. The van der Waals surface area contributed by atoms with Gasteiger partial charge < -0.3 is 15.1 Å². The Labute approximate surface area is 188 Å². The van der Waals surface area contributed by atoms with Crippen LogP contribution < -0.4 is 10.2 Å². The van der Waals surface area contributed by atoms with Gasteiger partial charge in [0.2, 0.25) is 15.9 Å². The number of carbonyl (C=O) groups excluding carboxylic acids is 1. The predicted octanol–water partition coefficient (Wildman–Crippen LogP) is 2.62. The van der Waals surface area contributed by atoms with E-state index in [1.807, 2.05) is 24.3 Å². The molecule has 0 aromatic heterocycles. The summed E-state index contributed by atoms with van der Waals surface area (Å²) in [5.41, 5.74) is 1.81. The van der Waals surface area contributed by atoms with Gasteiger partial charge in [-0.15, -0.1) is 0 Å². The topological polar surface area (TPSA) is 73.0 Å². The highest BCUT2D eigenvalue weighted by molar-refractivity contribution is 7.89. The molecule has 0 saturated carbocycles. The number of piperazine rings is 1. The standard InChI is InChI=1S/C23H29FN4O3S/c1-26-14-16-27(17-15-26)22-5-3-2-4-21(22)25-23(29)18-10-12-28(13-11-18)32(30,31)20-8-6-19(24)7-9-20/h2-9,18H,10-17H2,1H3,(H,25,29). The van der Waals surface area contributed by atoms with Crippen LogP contribution in [-0.4, -0.2) is 69.8 Å². The molecule has 172 valence electrons. The van der Waals surface area contributed by atoms with Crippen molar-refractivity contribution in [3.63, 3.8) is 0 Å². The average molecular weight is 461 g/mol. The quantitative estimate of drug-likeness (QED) is 0.743. The van der Waals surface area contributed by atoms with Crippen molar-refractivity contribution >= 4 is 27.3 Å². The molecule has 0 bridgehead atoms. The zero-order valence-corrected chi connectivity index (χ0v) is 19.0. The minimum atomic E-state index is -3.69. The van der Waals surface area contributed by atoms with Gasteiger partial charge in [-0.3, -0.25) is 4.79 Å². The maximum atomic E-state index is 13.1. The van der Waals surface area contributed by atoms with Crippen molar-refractivity contribution < 1.29 is 17.6 Å². The minimum Gasteiger partial charge on any atom is -0.367 e. The number of benzene rings is 2. The lowest BCUT2D eigenvalue weighted by Gasteiger charge is -2.35. The van der Waals surface area contributed by atoms with Gasteiger partial charge in [0.05, 0.1) is 16.3 Å². The zero-order chi connectivity index (χ0) is 22.7. The van der Waals surface area contributed by atoms with E-state index >= 15 is 0 Å². The summed E-state index contributed by atoms with van der Waals surface area (Å²) in [4.78, 5) is 17.6. The Kier molecular flexibility index (Phi) is 6.78. The molecule has 7 nitrogen and oxygen atoms in total. The monoisotopic (exact) mass is 460 g/mol. The van der Waals surface area contributed by atoms with E-state index in [0.717, 1.165) is 49.7 Å². The highest BCUT2D eigenvalue weighted by Crippen LogP contribution is 2.29. The normalized spacial score (nSPS) is 19.1. The molecule has 2 aromatic rings. The van der Waals surface area contributed by atoms with Gasteiger partial charge in [-0.1, -0.05) is 12.1 Å². The van der Waals surface area contributed by atoms with Gasteiger partial charge in [-0.2, -0.15) is 4.31 Å². The number of amides is 1. The van der Waals surface area contributed by atoms with E-state index in [1.165, 1.54) is 16.4 Å². The fourth-order valence-electron chi connectivity index (χ4n) is 4.25. The molecule has 0 radical (unpaired) electrons. The molecule has 2 heterocycles. The smallest absolute Gasteiger partial charge is 0.243 e. The summed E-state index contributed by atoms with van der Waals surface area (Å²) >= 11 is 0. The summed E-state index contributed by atoms with van der Waals surface area (Å²) in [7, 11) is -1.58. The van der Waals surface area contributed by atoms with Gasteiger partial charge in [0.15, 0.2) is 0 Å². The summed E-state index contributed by atoms with van der Waals surface area (Å²) in [5, 5.41) is 3.08. The third-order valence-electron chi connectivity index (χ3n) is 6.28. The Balaban J connectivity index is 1.38. The van der Waals surface area contributed by atoms with Crippen LogP contribution in [0.4, 0.5) is 15.8 Å². The van der Waals surface area contributed by atoms with Crippen molar-refractivity contribution in [3.05, 3.63) is 54.3 Å². The molecule has 0 unspecified atom stereocenters. The van der Waals surface area contributed by atoms with Gasteiger partial charge in [0, 0.05) is 45.2 Å². The van der Waals surface area contributed by atoms with Crippen LogP contribution in [0.25, 0.3) is 0 Å². The number of halogens is 1. The number of carbonyl (C=O) groups is 1. The fourth-order valence-corrected chi connectivity index (χ4v) is 5.72. The lowest BCUT2D eigenvalue weighted by atomic mass is 9.97. The van der Waals surface area contributed by atoms with E-state index in [9.17, 15) is 17.6 Å². The van der Waals surface area contributed by atoms with Gasteiger partial charge in [-0.05, 0) is 56.3 Å². The van der Waals surface area contributed by atoms with Crippen LogP contribution in [0.15, 0.2) is 53.4 Å². The molecule has 9 heteroatoms. The molecule has 0 spiro atoms. The van der Waals surface area contributed by atoms with Crippen molar-refractivity contribution in [3.8, 4) is 0 Å². The number of nitrogens with one attached hydrogen (secondary N) is 1. The Morgan fingerprint density at radius 3 is 2.22 bits per heavy atom. The predicted molar refractivity (Wildman–Crippen MR) is 123 cm³/mol. The van der Waals surface area contributed by atoms with E-state index in [2.05, 4.69) is 22.2 Å². The summed E-state index contributed by atoms with van der Waals surface area (Å²) in [6.07, 6.45) is 0.895. The van der Waals surface area contributed by atoms with E-state index < -0.39 is 15.8 Å². The lowest BCUT2D eigenvalue weighted by Crippen LogP contribution is -2.45. The first-order valence-corrected chi connectivity index (χ1v) is 12.4. The van der Waals surface area contributed by atoms with Crippen molar-refractivity contribution in [1.82, 2.24) is 9.21 Å². The second kappa shape index (κ2) is 9.56. The van der Waals surface area contributed by atoms with Crippen LogP contribution in [0, 0.1) is 11.7 Å². The van der Waals surface area contributed by atoms with Crippen LogP contribution in [0.1, 0.15) is 12.8 Å². The zero-order valence-electron chi connectivity index (χ0n) is 18.2. The minimum absolute atomic E-state index is 0.0721. The number of nitrogens with zero attached hydrogens (tertiary/aromatic N) is 3. The fraction of sp³-hybridized carbons (Fsp3) is 0.435. The summed E-state index contributed by atoms with van der Waals surface area (Å²) in [6, 6.07) is 12.7. The second-order valence-electron chi connectivity index (χ2n) is 8.43. The Bertz CT molecular complexity index is 1050. The van der Waals surface area contributed by atoms with Gasteiger partial charge >= 0.3 is 0 Å². The molecular weight excluding hydrogens is 431 g/mol. The molecule has 0 aliphatic carbocycles. The first kappa shape index (κ1) is 22.7. The van der Waals surface area contributed by atoms with Crippen molar-refractivity contribution in [2.75, 3.05) is 56.5 Å². The first-order chi connectivity index (χ1) is 15.3. The molecule has 4 rings (SSSR count). The third kappa shape index (κ3) is 4.95. The number of piperidine rings is 1. The van der Waals surface area contributed by atoms with Gasteiger partial charge in [0.25, 0.3) is 0 Å². The summed E-state index contributed by atoms with van der Waals surface area (Å²) in [5.74, 6) is -0.809. The van der Waals surface area contributed by atoms with E-state index in [0.29, 0.717) is 12.8 Å². The van der Waals surface area contributed by atoms with E-state index in [1.54, 1.807) is 0 Å². The third-order valence-corrected chi connectivity index (χ3v) is 8.19. The number of anilines is 2. The van der Waals surface area contributed by atoms with Crippen molar-refractivity contribution in [2.24, 2.45) is 5.92 Å². The molecule has 1 N–H and O–H groups in total. The molecule has 2 aromatic carbocycles. The Hall–Kier alpha value is -2.49. The van der Waals surface area contributed by atoms with E-state index in [4.69, 9.17) is 0 Å². The number of sulfonamides is 1. The Morgan fingerprint density at radius 1 is 0.938 bits per heavy atom. The molecule has 2 aliphatic rings. The van der Waals surface area contributed by atoms with Crippen LogP contribution in [-0.2, 0) is 14.8 Å². The maximum Gasteiger partial charge on any atom is 0.243 e. The summed E-state index contributed by atoms with van der Waals surface area (Å²) < 4.78 is 40.1. The van der Waals surface area contributed by atoms with Crippen LogP contribution >= 0.6 is 0 Å². The maximum absolute atomic E-state index is 13.1. The highest BCUT2D eigenvalue weighted by atomic mass is 32.2. The molecule has 32 heavy (non-hydrogen) atoms. The van der Waals surface area contributed by atoms with Gasteiger partial charge in [0.1, 0.15) is 5.82 Å². The number of hydrogen-bond acceptors (Lipinski definition) is 5. The van der Waals surface area contributed by atoms with Crippen LogP contribution in [0.5, 0.6) is 0 Å². The van der Waals surface area contributed by atoms with Crippen LogP contribution in [0.2, 0.25) is 0 Å². The largest absolute Gasteiger partial charge is 0.367 e. The molecule has 2 aliphatic heterocycles. The van der Waals surface area contributed by atoms with Gasteiger partial charge in [-0.25, -0.2) is 12.8 Å². The van der Waals surface area contributed by atoms with Crippen molar-refractivity contribution in [2.45, 2.75) is 17.7 Å². The second-order valence-corrected chi connectivity index (χ2v) is 10.4. The lowest BCUT2D eigenvalue weighted by molar-refractivity contribution is -0.120. The number of hydrogen-bond donors (Lipinski definition) is 1. The van der Waals surface area contributed by atoms with Crippen LogP contribution in [0.3, 0.4) is 0 Å². The number of likely N-dealkylation sites (N-methyl/N-ethyl adjacent to an activating group) is 1. The Morgan fingerprint density at radius 2 is 1.56 bits per heavy atom. The van der Waals surface area contributed by atoms with E-state index in [-0.39, 0.29) is 29.8 Å². The highest BCUT2D eigenvalue weighted by Gasteiger charge is 2.32. The first-order valence-electron chi connectivity index (χ1n) is 10.9.